The van der Waals surface area contributed by atoms with E-state index in [2.05, 4.69) is 19.9 Å². The lowest BCUT2D eigenvalue weighted by Gasteiger charge is -2.04. The molecule has 4 aromatic rings. The van der Waals surface area contributed by atoms with Gasteiger partial charge in [-0.25, -0.2) is 29.5 Å². The normalized spacial score (nSPS) is 10.2. The van der Waals surface area contributed by atoms with Crippen LogP contribution in [0.2, 0.25) is 0 Å². The molecule has 0 aromatic carbocycles. The highest BCUT2D eigenvalue weighted by atomic mass is 16.2. The molecule has 10 heteroatoms. The molecule has 0 aliphatic carbocycles. The molecule has 0 amide bonds. The zero-order valence-electron chi connectivity index (χ0n) is 14.2. The van der Waals surface area contributed by atoms with Crippen molar-refractivity contribution in [1.29, 1.82) is 0 Å². The second-order valence-electron chi connectivity index (χ2n) is 5.19. The van der Waals surface area contributed by atoms with Crippen molar-refractivity contribution in [3.8, 4) is 0 Å². The summed E-state index contributed by atoms with van der Waals surface area (Å²) in [4.78, 5) is 38.8. The fourth-order valence-corrected chi connectivity index (χ4v) is 2.15. The second-order valence-corrected chi connectivity index (χ2v) is 5.19. The van der Waals surface area contributed by atoms with Gasteiger partial charge in [0.25, 0.3) is 0 Å². The second kappa shape index (κ2) is 7.38. The number of carbonyl (C=O) groups is 2. The van der Waals surface area contributed by atoms with E-state index >= 15 is 0 Å². The third kappa shape index (κ3) is 3.48. The number of aryl methyl sites for hydroxylation is 2. The Hall–Kier alpha value is -3.82. The summed E-state index contributed by atoms with van der Waals surface area (Å²) in [6.07, 6.45) is 15.6. The minimum atomic E-state index is -0.190. The zero-order valence-corrected chi connectivity index (χ0v) is 14.2. The highest BCUT2D eigenvalue weighted by Crippen LogP contribution is 2.01. The van der Waals surface area contributed by atoms with E-state index in [4.69, 9.17) is 0 Å². The molecule has 0 aliphatic heterocycles. The average molecular weight is 352 g/mol. The lowest BCUT2D eigenvalue weighted by molar-refractivity contribution is 0.242. The van der Waals surface area contributed by atoms with Crippen molar-refractivity contribution < 1.29 is 9.59 Å². The maximum absolute atomic E-state index is 11.9. The molecule has 0 unspecified atom stereocenters. The summed E-state index contributed by atoms with van der Waals surface area (Å²) in [7, 11) is 0. The summed E-state index contributed by atoms with van der Waals surface area (Å²) in [5, 5.41) is 0. The van der Waals surface area contributed by atoms with Crippen molar-refractivity contribution >= 4 is 12.1 Å². The topological polar surface area (TPSA) is 105 Å². The summed E-state index contributed by atoms with van der Waals surface area (Å²) in [6, 6.07) is -0.347. The van der Waals surface area contributed by atoms with Crippen LogP contribution in [0.25, 0.3) is 0 Å². The molecule has 0 fully saturated rings. The average Bonchev–Trinajstić information content (AvgIpc) is 3.41. The van der Waals surface area contributed by atoms with Crippen LogP contribution in [0.1, 0.15) is 11.6 Å². The molecule has 0 radical (unpaired) electrons. The first-order valence-corrected chi connectivity index (χ1v) is 7.63. The number of aromatic nitrogens is 8. The molecule has 132 valence electrons. The Kier molecular flexibility index (Phi) is 4.83. The van der Waals surface area contributed by atoms with Gasteiger partial charge in [-0.2, -0.15) is 0 Å². The van der Waals surface area contributed by atoms with Crippen LogP contribution in [0.15, 0.2) is 62.2 Å². The molecule has 0 atom stereocenters. The summed E-state index contributed by atoms with van der Waals surface area (Å²) >= 11 is 0. The Morgan fingerprint density at radius 3 is 1.46 bits per heavy atom. The highest BCUT2D eigenvalue weighted by Gasteiger charge is 2.11. The molecule has 0 saturated heterocycles. The molecule has 4 aromatic heterocycles. The van der Waals surface area contributed by atoms with Crippen molar-refractivity contribution in [1.82, 2.24) is 38.2 Å². The summed E-state index contributed by atoms with van der Waals surface area (Å²) < 4.78 is 5.72. The number of imidazole rings is 4. The van der Waals surface area contributed by atoms with E-state index in [1.54, 1.807) is 63.4 Å². The minimum Gasteiger partial charge on any atom is -0.257 e. The molecule has 0 spiro atoms. The number of rotatable bonds is 0. The zero-order chi connectivity index (χ0) is 18.5. The minimum absolute atomic E-state index is 0.157. The van der Waals surface area contributed by atoms with E-state index in [1.807, 2.05) is 0 Å². The molecule has 4 heterocycles. The van der Waals surface area contributed by atoms with E-state index in [0.29, 0.717) is 11.6 Å². The van der Waals surface area contributed by atoms with Crippen molar-refractivity contribution in [2.45, 2.75) is 13.8 Å². The van der Waals surface area contributed by atoms with E-state index < -0.39 is 0 Å². The molecular formula is C16H16N8O2. The Bertz CT molecular complexity index is 917. The smallest absolute Gasteiger partial charge is 0.257 e. The van der Waals surface area contributed by atoms with Crippen molar-refractivity contribution in [2.75, 3.05) is 0 Å². The number of hydrogen-bond acceptors (Lipinski definition) is 6. The monoisotopic (exact) mass is 352 g/mol. The molecule has 10 nitrogen and oxygen atoms in total. The number of carbonyl (C=O) groups excluding carboxylic acids is 2. The predicted molar refractivity (Wildman–Crippen MR) is 90.8 cm³/mol. The molecule has 4 rings (SSSR count). The summed E-state index contributed by atoms with van der Waals surface area (Å²) in [5.74, 6) is 1.34. The maximum Gasteiger partial charge on any atom is 0.339 e. The Morgan fingerprint density at radius 1 is 0.692 bits per heavy atom. The van der Waals surface area contributed by atoms with Crippen LogP contribution in [0.4, 0.5) is 9.59 Å². The van der Waals surface area contributed by atoms with E-state index in [0.717, 1.165) is 0 Å². The molecular weight excluding hydrogens is 336 g/mol. The lowest BCUT2D eigenvalue weighted by atomic mass is 10.6. The van der Waals surface area contributed by atoms with Crippen LogP contribution < -0.4 is 0 Å². The van der Waals surface area contributed by atoms with E-state index in [1.165, 1.54) is 30.9 Å². The SMILES string of the molecule is Cc1nccn1C(=O)n1ccnc1C.O=C(n1ccnc1)n1ccnc1. The van der Waals surface area contributed by atoms with Gasteiger partial charge in [0, 0.05) is 49.6 Å². The van der Waals surface area contributed by atoms with Gasteiger partial charge < -0.3 is 0 Å². The molecule has 0 bridgehead atoms. The van der Waals surface area contributed by atoms with Crippen LogP contribution in [0, 0.1) is 13.8 Å². The molecule has 0 N–H and O–H groups in total. The van der Waals surface area contributed by atoms with Crippen molar-refractivity contribution in [2.24, 2.45) is 0 Å². The van der Waals surface area contributed by atoms with Gasteiger partial charge in [0.1, 0.15) is 24.3 Å². The standard InChI is InChI=1S/C9H10N4O.C7H6N4O/c1-7-10-3-5-12(7)9(14)13-6-4-11-8(13)2;12-7(10-3-1-8-5-10)11-4-2-9-6-11/h3-6H,1-2H3;1-6H. The van der Waals surface area contributed by atoms with Gasteiger partial charge in [0.05, 0.1) is 0 Å². The Balaban J connectivity index is 0.000000152. The van der Waals surface area contributed by atoms with Gasteiger partial charge in [-0.1, -0.05) is 0 Å². The third-order valence-electron chi connectivity index (χ3n) is 3.51. The van der Waals surface area contributed by atoms with E-state index in [9.17, 15) is 9.59 Å². The fourth-order valence-electron chi connectivity index (χ4n) is 2.15. The molecule has 26 heavy (non-hydrogen) atoms. The first kappa shape index (κ1) is 17.0. The summed E-state index contributed by atoms with van der Waals surface area (Å²) in [6.45, 7) is 3.56. The van der Waals surface area contributed by atoms with Gasteiger partial charge in [-0.05, 0) is 13.8 Å². The van der Waals surface area contributed by atoms with Crippen molar-refractivity contribution in [3.05, 3.63) is 73.9 Å². The van der Waals surface area contributed by atoms with Crippen LogP contribution in [-0.2, 0) is 0 Å². The van der Waals surface area contributed by atoms with Crippen LogP contribution >= 0.6 is 0 Å². The van der Waals surface area contributed by atoms with Gasteiger partial charge in [-0.15, -0.1) is 0 Å². The number of hydrogen-bond donors (Lipinski definition) is 0. The molecule has 0 saturated carbocycles. The highest BCUT2D eigenvalue weighted by molar-refractivity contribution is 5.80. The lowest BCUT2D eigenvalue weighted by Crippen LogP contribution is -2.20. The van der Waals surface area contributed by atoms with Gasteiger partial charge >= 0.3 is 12.1 Å². The summed E-state index contributed by atoms with van der Waals surface area (Å²) in [5.41, 5.74) is 0. The first-order chi connectivity index (χ1) is 12.6. The molecule has 0 aliphatic rings. The van der Waals surface area contributed by atoms with Crippen molar-refractivity contribution in [3.63, 3.8) is 0 Å². The maximum atomic E-state index is 11.9. The number of nitrogens with zero attached hydrogens (tertiary/aromatic N) is 8. The third-order valence-corrected chi connectivity index (χ3v) is 3.51. The quantitative estimate of drug-likeness (QED) is 0.478. The Morgan fingerprint density at radius 2 is 1.15 bits per heavy atom. The van der Waals surface area contributed by atoms with Gasteiger partial charge in [0.15, 0.2) is 0 Å². The van der Waals surface area contributed by atoms with Gasteiger partial charge in [-0.3, -0.25) is 18.3 Å². The van der Waals surface area contributed by atoms with Crippen LogP contribution in [0.5, 0.6) is 0 Å². The largest absolute Gasteiger partial charge is 0.339 e. The Labute approximate surface area is 148 Å². The van der Waals surface area contributed by atoms with Crippen LogP contribution in [0.3, 0.4) is 0 Å². The predicted octanol–water partition coefficient (Wildman–Crippen LogP) is 1.81. The van der Waals surface area contributed by atoms with Crippen LogP contribution in [-0.4, -0.2) is 50.3 Å². The van der Waals surface area contributed by atoms with E-state index in [-0.39, 0.29) is 12.1 Å². The van der Waals surface area contributed by atoms with Gasteiger partial charge in [0.2, 0.25) is 0 Å². The fraction of sp³-hybridized carbons (Fsp3) is 0.125. The first-order valence-electron chi connectivity index (χ1n) is 7.63.